The third-order valence-corrected chi connectivity index (χ3v) is 2.44. The van der Waals surface area contributed by atoms with Gasteiger partial charge in [-0.1, -0.05) is 0 Å². The number of aryl methyl sites for hydroxylation is 1. The van der Waals surface area contributed by atoms with E-state index in [0.29, 0.717) is 0 Å². The quantitative estimate of drug-likeness (QED) is 0.686. The Kier molecular flexibility index (Phi) is 2.08. The summed E-state index contributed by atoms with van der Waals surface area (Å²) in [6.07, 6.45) is -3.33. The van der Waals surface area contributed by atoms with E-state index >= 15 is 0 Å². The largest absolute Gasteiger partial charge is 0.416 e. The number of alkyl halides is 3. The van der Waals surface area contributed by atoms with Crippen LogP contribution in [0.15, 0.2) is 17.2 Å². The fourth-order valence-corrected chi connectivity index (χ4v) is 1.55. The van der Waals surface area contributed by atoms with E-state index in [1.165, 1.54) is 18.1 Å². The lowest BCUT2D eigenvalue weighted by molar-refractivity contribution is -0.138. The Balaban J connectivity index is 2.93. The van der Waals surface area contributed by atoms with Gasteiger partial charge in [-0.3, -0.25) is 9.48 Å². The number of pyridine rings is 1. The van der Waals surface area contributed by atoms with Crippen LogP contribution in [-0.2, 0) is 13.2 Å². The monoisotopic (exact) mass is 231 g/mol. The van der Waals surface area contributed by atoms with Crippen molar-refractivity contribution < 1.29 is 13.2 Å². The van der Waals surface area contributed by atoms with Gasteiger partial charge in [-0.25, -0.2) is 4.40 Å². The van der Waals surface area contributed by atoms with Crippen molar-refractivity contribution in [2.75, 3.05) is 0 Å². The molecule has 0 spiro atoms. The first-order chi connectivity index (χ1) is 7.32. The maximum Gasteiger partial charge on any atom is 0.416 e. The molecule has 7 heteroatoms. The van der Waals surface area contributed by atoms with Gasteiger partial charge in [-0.2, -0.15) is 18.3 Å². The summed E-state index contributed by atoms with van der Waals surface area (Å²) >= 11 is 0. The molecule has 2 rings (SSSR count). The predicted molar refractivity (Wildman–Crippen MR) is 50.2 cm³/mol. The van der Waals surface area contributed by atoms with Crippen LogP contribution >= 0.6 is 0 Å². The molecule has 0 saturated carbocycles. The molecule has 0 unspecified atom stereocenters. The third kappa shape index (κ3) is 1.39. The first-order valence-corrected chi connectivity index (χ1v) is 4.43. The number of hydrogen-bond acceptors (Lipinski definition) is 2. The van der Waals surface area contributed by atoms with Gasteiger partial charge in [0.25, 0.3) is 5.56 Å². The first kappa shape index (κ1) is 10.7. The Bertz CT molecular complexity index is 609. The molecule has 16 heavy (non-hydrogen) atoms. The molecule has 0 aliphatic heterocycles. The highest BCUT2D eigenvalue weighted by atomic mass is 19.4. The van der Waals surface area contributed by atoms with Crippen LogP contribution in [0, 0.1) is 6.92 Å². The van der Waals surface area contributed by atoms with E-state index in [4.69, 9.17) is 0 Å². The highest BCUT2D eigenvalue weighted by molar-refractivity contribution is 5.45. The third-order valence-electron chi connectivity index (χ3n) is 2.44. The summed E-state index contributed by atoms with van der Waals surface area (Å²) < 4.78 is 40.2. The van der Waals surface area contributed by atoms with Crippen molar-refractivity contribution in [1.82, 2.24) is 14.2 Å². The maximum atomic E-state index is 12.6. The molecule has 0 saturated heterocycles. The van der Waals surface area contributed by atoms with Crippen LogP contribution in [0.4, 0.5) is 13.2 Å². The van der Waals surface area contributed by atoms with Gasteiger partial charge in [-0.05, 0) is 13.0 Å². The molecule has 2 aromatic rings. The van der Waals surface area contributed by atoms with E-state index < -0.39 is 17.3 Å². The number of halogens is 3. The van der Waals surface area contributed by atoms with Gasteiger partial charge in [-0.15, -0.1) is 0 Å². The lowest BCUT2D eigenvalue weighted by Gasteiger charge is -2.09. The van der Waals surface area contributed by atoms with Crippen LogP contribution in [0.5, 0.6) is 0 Å². The van der Waals surface area contributed by atoms with Gasteiger partial charge < -0.3 is 0 Å². The average molecular weight is 231 g/mol. The highest BCUT2D eigenvalue weighted by Gasteiger charge is 2.34. The summed E-state index contributed by atoms with van der Waals surface area (Å²) in [7, 11) is 1.48. The Hall–Kier alpha value is -1.79. The van der Waals surface area contributed by atoms with E-state index in [1.54, 1.807) is 0 Å². The van der Waals surface area contributed by atoms with Crippen molar-refractivity contribution in [3.05, 3.63) is 33.9 Å². The minimum atomic E-state index is -4.53. The van der Waals surface area contributed by atoms with Gasteiger partial charge in [0, 0.05) is 12.6 Å². The maximum absolute atomic E-state index is 12.6. The standard InChI is InChI=1S/C9H8F3N3O/c1-5-6(9(10,11)12)3-7-14(2)13-4-15(7)8(5)16/h3-4H,1-2H3. The first-order valence-electron chi connectivity index (χ1n) is 4.43. The Morgan fingerprint density at radius 1 is 1.38 bits per heavy atom. The van der Waals surface area contributed by atoms with Crippen LogP contribution in [0.3, 0.4) is 0 Å². The second-order valence-corrected chi connectivity index (χ2v) is 3.47. The van der Waals surface area contributed by atoms with Crippen molar-refractivity contribution in [1.29, 1.82) is 0 Å². The number of fused-ring (bicyclic) bond motifs is 1. The van der Waals surface area contributed by atoms with Gasteiger partial charge in [0.05, 0.1) is 5.56 Å². The topological polar surface area (TPSA) is 39.3 Å². The predicted octanol–water partition coefficient (Wildman–Crippen LogP) is 1.36. The van der Waals surface area contributed by atoms with Crippen LogP contribution in [0.1, 0.15) is 11.1 Å². The number of nitrogens with zero attached hydrogens (tertiary/aromatic N) is 3. The fourth-order valence-electron chi connectivity index (χ4n) is 1.55. The van der Waals surface area contributed by atoms with Crippen molar-refractivity contribution in [2.45, 2.75) is 13.1 Å². The van der Waals surface area contributed by atoms with Crippen molar-refractivity contribution >= 4 is 5.65 Å². The molecular weight excluding hydrogens is 223 g/mol. The second-order valence-electron chi connectivity index (χ2n) is 3.47. The second kappa shape index (κ2) is 3.10. The lowest BCUT2D eigenvalue weighted by atomic mass is 10.1. The summed E-state index contributed by atoms with van der Waals surface area (Å²) in [5.41, 5.74) is -1.82. The van der Waals surface area contributed by atoms with Gasteiger partial charge in [0.2, 0.25) is 0 Å². The van der Waals surface area contributed by atoms with Gasteiger partial charge in [0.1, 0.15) is 12.0 Å². The molecule has 4 nitrogen and oxygen atoms in total. The summed E-state index contributed by atoms with van der Waals surface area (Å²) in [6, 6.07) is 0.920. The van der Waals surface area contributed by atoms with E-state index in [-0.39, 0.29) is 11.2 Å². The van der Waals surface area contributed by atoms with E-state index in [2.05, 4.69) is 5.10 Å². The zero-order valence-corrected chi connectivity index (χ0v) is 8.54. The van der Waals surface area contributed by atoms with Crippen LogP contribution in [-0.4, -0.2) is 14.2 Å². The Labute approximate surface area is 87.9 Å². The zero-order valence-electron chi connectivity index (χ0n) is 8.54. The zero-order chi connectivity index (χ0) is 12.1. The van der Waals surface area contributed by atoms with Crippen LogP contribution in [0.25, 0.3) is 5.65 Å². The Morgan fingerprint density at radius 3 is 2.56 bits per heavy atom. The molecule has 0 aromatic carbocycles. The van der Waals surface area contributed by atoms with Gasteiger partial charge >= 0.3 is 6.18 Å². The molecule has 2 heterocycles. The summed E-state index contributed by atoms with van der Waals surface area (Å²) in [5.74, 6) is 0. The van der Waals surface area contributed by atoms with Crippen molar-refractivity contribution in [3.63, 3.8) is 0 Å². The molecule has 0 fully saturated rings. The number of hydrogen-bond donors (Lipinski definition) is 0. The minimum absolute atomic E-state index is 0.114. The Morgan fingerprint density at radius 2 is 2.00 bits per heavy atom. The van der Waals surface area contributed by atoms with E-state index in [9.17, 15) is 18.0 Å². The van der Waals surface area contributed by atoms with Crippen molar-refractivity contribution in [3.8, 4) is 0 Å². The van der Waals surface area contributed by atoms with Crippen molar-refractivity contribution in [2.24, 2.45) is 7.05 Å². The van der Waals surface area contributed by atoms with E-state index in [0.717, 1.165) is 17.4 Å². The number of aromatic nitrogens is 3. The smallest absolute Gasteiger partial charge is 0.269 e. The summed E-state index contributed by atoms with van der Waals surface area (Å²) in [4.78, 5) is 11.6. The summed E-state index contributed by atoms with van der Waals surface area (Å²) in [6.45, 7) is 1.16. The fraction of sp³-hybridized carbons (Fsp3) is 0.333. The molecule has 2 aromatic heterocycles. The lowest BCUT2D eigenvalue weighted by Crippen LogP contribution is -2.21. The molecule has 0 bridgehead atoms. The van der Waals surface area contributed by atoms with E-state index in [1.807, 2.05) is 0 Å². The molecule has 86 valence electrons. The average Bonchev–Trinajstić information content (AvgIpc) is 2.52. The number of rotatable bonds is 0. The van der Waals surface area contributed by atoms with Crippen LogP contribution in [0.2, 0.25) is 0 Å². The molecule has 0 N–H and O–H groups in total. The highest BCUT2D eigenvalue weighted by Crippen LogP contribution is 2.31. The molecule has 0 radical (unpaired) electrons. The molecule has 0 atom stereocenters. The molecular formula is C9H8F3N3O. The molecule has 0 aliphatic rings. The SMILES string of the molecule is Cc1c(C(F)(F)F)cc2n(C)ncn2c1=O. The van der Waals surface area contributed by atoms with Crippen LogP contribution < -0.4 is 5.56 Å². The minimum Gasteiger partial charge on any atom is -0.269 e. The molecule has 0 amide bonds. The van der Waals surface area contributed by atoms with Gasteiger partial charge in [0.15, 0.2) is 0 Å². The molecule has 0 aliphatic carbocycles. The summed E-state index contributed by atoms with van der Waals surface area (Å²) in [5, 5.41) is 3.73. The normalized spacial score (nSPS) is 12.3.